The molecule has 0 unspecified atom stereocenters. The van der Waals surface area contributed by atoms with Crippen molar-refractivity contribution < 1.29 is 4.74 Å². The fourth-order valence-corrected chi connectivity index (χ4v) is 2.10. The highest BCUT2D eigenvalue weighted by Gasteiger charge is 2.08. The fourth-order valence-electron chi connectivity index (χ4n) is 2.10. The molecule has 0 N–H and O–H groups in total. The summed E-state index contributed by atoms with van der Waals surface area (Å²) in [7, 11) is 1.73. The zero-order chi connectivity index (χ0) is 14.4. The third-order valence-corrected chi connectivity index (χ3v) is 3.44. The predicted octanol–water partition coefficient (Wildman–Crippen LogP) is 1.36. The second kappa shape index (κ2) is 7.31. The molecule has 2 rings (SSSR count). The molecule has 0 aliphatic rings. The Morgan fingerprint density at radius 2 is 2.10 bits per heavy atom. The van der Waals surface area contributed by atoms with Gasteiger partial charge in [0.2, 0.25) is 0 Å². The topological polar surface area (TPSA) is 56.1 Å². The molecule has 0 saturated heterocycles. The molecular formula is C14H23N5O. The Balaban J connectivity index is 2.05. The van der Waals surface area contributed by atoms with Crippen LogP contribution in [0.2, 0.25) is 0 Å². The van der Waals surface area contributed by atoms with Gasteiger partial charge >= 0.3 is 0 Å². The summed E-state index contributed by atoms with van der Waals surface area (Å²) in [5.41, 5.74) is 2.75. The Hall–Kier alpha value is -1.53. The van der Waals surface area contributed by atoms with E-state index in [-0.39, 0.29) is 0 Å². The molecule has 2 aromatic rings. The fraction of sp³-hybridized carbons (Fsp3) is 0.643. The molecule has 0 aliphatic heterocycles. The number of ether oxygens (including phenoxy) is 1. The van der Waals surface area contributed by atoms with Crippen molar-refractivity contribution >= 4 is 11.2 Å². The van der Waals surface area contributed by atoms with Crippen LogP contribution < -0.4 is 0 Å². The molecule has 0 aliphatic carbocycles. The van der Waals surface area contributed by atoms with Gasteiger partial charge in [0.15, 0.2) is 5.65 Å². The maximum absolute atomic E-state index is 5.13. The molecule has 2 heterocycles. The first-order valence-corrected chi connectivity index (χ1v) is 7.17. The largest absolute Gasteiger partial charge is 0.383 e. The summed E-state index contributed by atoms with van der Waals surface area (Å²) in [6, 6.07) is 0. The lowest BCUT2D eigenvalue weighted by atomic mass is 10.3. The molecule has 0 fully saturated rings. The number of likely N-dealkylation sites (N-methyl/N-ethyl adjacent to an activating group) is 1. The van der Waals surface area contributed by atoms with E-state index >= 15 is 0 Å². The molecule has 0 spiro atoms. The van der Waals surface area contributed by atoms with Gasteiger partial charge in [-0.1, -0.05) is 13.8 Å². The van der Waals surface area contributed by atoms with E-state index in [1.807, 2.05) is 10.9 Å². The van der Waals surface area contributed by atoms with Gasteiger partial charge in [0.05, 0.1) is 25.0 Å². The van der Waals surface area contributed by atoms with Crippen LogP contribution in [-0.4, -0.2) is 58.0 Å². The monoisotopic (exact) mass is 277 g/mol. The Kier molecular flexibility index (Phi) is 5.43. The van der Waals surface area contributed by atoms with Gasteiger partial charge in [-0.15, -0.1) is 0 Å². The van der Waals surface area contributed by atoms with Crippen LogP contribution in [0.25, 0.3) is 11.2 Å². The van der Waals surface area contributed by atoms with Crippen molar-refractivity contribution in [2.24, 2.45) is 0 Å². The van der Waals surface area contributed by atoms with E-state index < -0.39 is 0 Å². The lowest BCUT2D eigenvalue weighted by Gasteiger charge is -2.19. The highest BCUT2D eigenvalue weighted by molar-refractivity contribution is 5.69. The zero-order valence-corrected chi connectivity index (χ0v) is 12.5. The van der Waals surface area contributed by atoms with Crippen molar-refractivity contribution in [1.82, 2.24) is 24.6 Å². The summed E-state index contributed by atoms with van der Waals surface area (Å²) in [5.74, 6) is 0. The molecule has 0 radical (unpaired) electrons. The SMILES string of the molecule is CCc1cnc2cnn(CCN(CC)CCOC)c2n1. The minimum Gasteiger partial charge on any atom is -0.383 e. The van der Waals surface area contributed by atoms with Gasteiger partial charge in [-0.3, -0.25) is 4.90 Å². The minimum atomic E-state index is 0.757. The van der Waals surface area contributed by atoms with E-state index in [1.54, 1.807) is 13.3 Å². The first kappa shape index (κ1) is 14.9. The molecule has 0 aromatic carbocycles. The number of aryl methyl sites for hydroxylation is 1. The van der Waals surface area contributed by atoms with E-state index in [9.17, 15) is 0 Å². The second-order valence-corrected chi connectivity index (χ2v) is 4.72. The second-order valence-electron chi connectivity index (χ2n) is 4.72. The van der Waals surface area contributed by atoms with Crippen LogP contribution in [0.3, 0.4) is 0 Å². The molecule has 2 aromatic heterocycles. The van der Waals surface area contributed by atoms with Crippen LogP contribution in [0.4, 0.5) is 0 Å². The van der Waals surface area contributed by atoms with Crippen LogP contribution >= 0.6 is 0 Å². The van der Waals surface area contributed by atoms with E-state index in [0.29, 0.717) is 0 Å². The van der Waals surface area contributed by atoms with E-state index in [1.165, 1.54) is 0 Å². The Labute approximate surface area is 119 Å². The van der Waals surface area contributed by atoms with Gasteiger partial charge in [0.25, 0.3) is 0 Å². The molecule has 0 atom stereocenters. The number of fused-ring (bicyclic) bond motifs is 1. The van der Waals surface area contributed by atoms with Gasteiger partial charge in [0.1, 0.15) is 5.52 Å². The number of methoxy groups -OCH3 is 1. The van der Waals surface area contributed by atoms with Crippen LogP contribution in [0.1, 0.15) is 19.5 Å². The standard InChI is InChI=1S/C14H23N5O/c1-4-12-10-15-13-11-16-19(14(13)17-12)7-6-18(5-2)8-9-20-3/h10-11H,4-9H2,1-3H3. The maximum Gasteiger partial charge on any atom is 0.177 e. The van der Waals surface area contributed by atoms with Crippen LogP contribution in [0.15, 0.2) is 12.4 Å². The van der Waals surface area contributed by atoms with Crippen molar-refractivity contribution in [2.45, 2.75) is 26.8 Å². The molecule has 6 nitrogen and oxygen atoms in total. The summed E-state index contributed by atoms with van der Waals surface area (Å²) >= 11 is 0. The smallest absolute Gasteiger partial charge is 0.177 e. The maximum atomic E-state index is 5.13. The Morgan fingerprint density at radius 3 is 2.80 bits per heavy atom. The minimum absolute atomic E-state index is 0.757. The predicted molar refractivity (Wildman–Crippen MR) is 78.7 cm³/mol. The van der Waals surface area contributed by atoms with Gasteiger partial charge in [-0.25, -0.2) is 14.6 Å². The number of hydrogen-bond acceptors (Lipinski definition) is 5. The summed E-state index contributed by atoms with van der Waals surface area (Å²) < 4.78 is 7.07. The number of aromatic nitrogens is 4. The van der Waals surface area contributed by atoms with Crippen molar-refractivity contribution in [3.05, 3.63) is 18.1 Å². The number of rotatable bonds is 8. The lowest BCUT2D eigenvalue weighted by Crippen LogP contribution is -2.30. The first-order chi connectivity index (χ1) is 9.78. The van der Waals surface area contributed by atoms with Crippen molar-refractivity contribution in [3.63, 3.8) is 0 Å². The van der Waals surface area contributed by atoms with Crippen molar-refractivity contribution in [1.29, 1.82) is 0 Å². The third kappa shape index (κ3) is 3.52. The molecule has 6 heteroatoms. The molecule has 110 valence electrons. The van der Waals surface area contributed by atoms with Crippen LogP contribution in [0, 0.1) is 0 Å². The highest BCUT2D eigenvalue weighted by Crippen LogP contribution is 2.09. The average Bonchev–Trinajstić information content (AvgIpc) is 2.89. The normalized spacial score (nSPS) is 11.6. The van der Waals surface area contributed by atoms with E-state index in [4.69, 9.17) is 4.74 Å². The molecule has 0 bridgehead atoms. The highest BCUT2D eigenvalue weighted by atomic mass is 16.5. The summed E-state index contributed by atoms with van der Waals surface area (Å²) in [6.45, 7) is 8.71. The molecular weight excluding hydrogens is 254 g/mol. The van der Waals surface area contributed by atoms with E-state index in [0.717, 1.165) is 56.1 Å². The summed E-state index contributed by atoms with van der Waals surface area (Å²) in [6.07, 6.45) is 4.50. The molecule has 20 heavy (non-hydrogen) atoms. The van der Waals surface area contributed by atoms with Gasteiger partial charge in [-0.2, -0.15) is 5.10 Å². The summed E-state index contributed by atoms with van der Waals surface area (Å²) in [5, 5.41) is 4.39. The summed E-state index contributed by atoms with van der Waals surface area (Å²) in [4.78, 5) is 11.3. The van der Waals surface area contributed by atoms with E-state index in [2.05, 4.69) is 33.8 Å². The quantitative estimate of drug-likeness (QED) is 0.729. The molecule has 0 amide bonds. The van der Waals surface area contributed by atoms with Gasteiger partial charge in [-0.05, 0) is 13.0 Å². The number of nitrogens with zero attached hydrogens (tertiary/aromatic N) is 5. The average molecular weight is 277 g/mol. The Morgan fingerprint density at radius 1 is 1.25 bits per heavy atom. The molecule has 0 saturated carbocycles. The van der Waals surface area contributed by atoms with Crippen molar-refractivity contribution in [2.75, 3.05) is 33.4 Å². The van der Waals surface area contributed by atoms with Crippen molar-refractivity contribution in [3.8, 4) is 0 Å². The third-order valence-electron chi connectivity index (χ3n) is 3.44. The van der Waals surface area contributed by atoms with Crippen LogP contribution in [0.5, 0.6) is 0 Å². The van der Waals surface area contributed by atoms with Gasteiger partial charge in [0, 0.05) is 26.4 Å². The lowest BCUT2D eigenvalue weighted by molar-refractivity contribution is 0.148. The zero-order valence-electron chi connectivity index (χ0n) is 12.5. The Bertz CT molecular complexity index is 539. The van der Waals surface area contributed by atoms with Crippen LogP contribution in [-0.2, 0) is 17.7 Å². The van der Waals surface area contributed by atoms with Gasteiger partial charge < -0.3 is 4.74 Å². The first-order valence-electron chi connectivity index (χ1n) is 7.17. The number of hydrogen-bond donors (Lipinski definition) is 0.